The molecule has 0 aromatic heterocycles. The maximum atomic E-state index is 10.2. The second-order valence-corrected chi connectivity index (χ2v) is 1.98. The van der Waals surface area contributed by atoms with Crippen molar-refractivity contribution in [2.75, 3.05) is 13.2 Å². The van der Waals surface area contributed by atoms with Crippen molar-refractivity contribution in [2.45, 2.75) is 12.5 Å². The molecule has 1 heterocycles. The number of rotatable bonds is 1. The van der Waals surface area contributed by atoms with Crippen LogP contribution in [0.5, 0.6) is 0 Å². The van der Waals surface area contributed by atoms with Gasteiger partial charge in [0.15, 0.2) is 0 Å². The molecule has 1 saturated heterocycles. The van der Waals surface area contributed by atoms with E-state index in [1.54, 1.807) is 0 Å². The molecule has 1 radical (unpaired) electrons. The summed E-state index contributed by atoms with van der Waals surface area (Å²) in [5.41, 5.74) is 0. The topological polar surface area (TPSA) is 63.4 Å². The molecule has 4 nitrogen and oxygen atoms in total. The van der Waals surface area contributed by atoms with Gasteiger partial charge in [-0.25, -0.2) is 5.32 Å². The number of carbonyl (C=O) groups is 1. The molecule has 4 heteroatoms. The number of hydrogen-bond donors (Lipinski definition) is 2. The summed E-state index contributed by atoms with van der Waals surface area (Å²) in [4.78, 5) is 10.2. The van der Waals surface area contributed by atoms with E-state index >= 15 is 0 Å². The molecule has 1 aliphatic rings. The summed E-state index contributed by atoms with van der Waals surface area (Å²) in [7, 11) is 0. The Morgan fingerprint density at radius 1 is 1.78 bits per heavy atom. The predicted molar refractivity (Wildman–Crippen MR) is 31.0 cm³/mol. The van der Waals surface area contributed by atoms with Crippen LogP contribution in [0.3, 0.4) is 0 Å². The lowest BCUT2D eigenvalue weighted by atomic mass is 10.2. The monoisotopic (exact) mass is 129 g/mol. The van der Waals surface area contributed by atoms with E-state index in [1.807, 2.05) is 0 Å². The molecular formula is C5H9N2O2. The fourth-order valence-corrected chi connectivity index (χ4v) is 0.785. The average Bonchev–Trinajstić information content (AvgIpc) is 1.90. The van der Waals surface area contributed by atoms with Gasteiger partial charge in [0.1, 0.15) is 6.04 Å². The maximum Gasteiger partial charge on any atom is 0.322 e. The Balaban J connectivity index is 2.31. The Morgan fingerprint density at radius 2 is 2.56 bits per heavy atom. The Kier molecular flexibility index (Phi) is 2.02. The summed E-state index contributed by atoms with van der Waals surface area (Å²) in [6.45, 7) is 1.25. The van der Waals surface area contributed by atoms with Gasteiger partial charge in [0, 0.05) is 0 Å². The van der Waals surface area contributed by atoms with E-state index in [2.05, 4.69) is 10.6 Å². The average molecular weight is 129 g/mol. The predicted octanol–water partition coefficient (Wildman–Crippen LogP) is -1.01. The van der Waals surface area contributed by atoms with Gasteiger partial charge in [-0.15, -0.1) is 0 Å². The molecule has 0 aromatic carbocycles. The van der Waals surface area contributed by atoms with Crippen molar-refractivity contribution in [1.29, 1.82) is 0 Å². The summed E-state index contributed by atoms with van der Waals surface area (Å²) < 4.78 is 0. The van der Waals surface area contributed by atoms with Crippen molar-refractivity contribution in [3.05, 3.63) is 0 Å². The van der Waals surface area contributed by atoms with Crippen molar-refractivity contribution in [2.24, 2.45) is 0 Å². The van der Waals surface area contributed by atoms with E-state index in [0.29, 0.717) is 13.1 Å². The molecule has 1 aliphatic heterocycles. The summed E-state index contributed by atoms with van der Waals surface area (Å²) in [6.07, 6.45) is 0.620. The molecule has 1 fully saturated rings. The maximum absolute atomic E-state index is 10.2. The molecule has 2 N–H and O–H groups in total. The number of nitrogens with zero attached hydrogens (tertiary/aromatic N) is 1. The van der Waals surface area contributed by atoms with E-state index < -0.39 is 12.0 Å². The van der Waals surface area contributed by atoms with Gasteiger partial charge in [0.05, 0.1) is 6.67 Å². The fraction of sp³-hybridized carbons (Fsp3) is 0.800. The Labute approximate surface area is 53.2 Å². The molecule has 0 aliphatic carbocycles. The van der Waals surface area contributed by atoms with E-state index in [-0.39, 0.29) is 0 Å². The van der Waals surface area contributed by atoms with Gasteiger partial charge in [0.25, 0.3) is 0 Å². The summed E-state index contributed by atoms with van der Waals surface area (Å²) in [5.74, 6) is -0.809. The van der Waals surface area contributed by atoms with Gasteiger partial charge in [-0.2, -0.15) is 0 Å². The number of carboxylic acids is 1. The van der Waals surface area contributed by atoms with Gasteiger partial charge in [-0.05, 0) is 13.0 Å². The van der Waals surface area contributed by atoms with Gasteiger partial charge in [-0.1, -0.05) is 0 Å². The zero-order chi connectivity index (χ0) is 6.69. The molecule has 51 valence electrons. The molecular weight excluding hydrogens is 120 g/mol. The van der Waals surface area contributed by atoms with Crippen LogP contribution in [0.15, 0.2) is 0 Å². The lowest BCUT2D eigenvalue weighted by Crippen LogP contribution is -2.44. The second kappa shape index (κ2) is 2.80. The molecule has 1 rings (SSSR count). The minimum atomic E-state index is -0.809. The highest BCUT2D eigenvalue weighted by atomic mass is 16.4. The largest absolute Gasteiger partial charge is 0.480 e. The highest BCUT2D eigenvalue weighted by molar-refractivity contribution is 5.73. The molecule has 1 atom stereocenters. The van der Waals surface area contributed by atoms with Crippen LogP contribution in [0.4, 0.5) is 0 Å². The normalized spacial score (nSPS) is 27.8. The van der Waals surface area contributed by atoms with Crippen LogP contribution < -0.4 is 10.6 Å². The van der Waals surface area contributed by atoms with Gasteiger partial charge in [-0.3, -0.25) is 4.79 Å². The van der Waals surface area contributed by atoms with Crippen molar-refractivity contribution in [3.8, 4) is 0 Å². The Bertz CT molecular complexity index is 110. The Hall–Kier alpha value is -0.610. The van der Waals surface area contributed by atoms with Crippen LogP contribution in [0, 0.1) is 0 Å². The zero-order valence-electron chi connectivity index (χ0n) is 5.00. The quantitative estimate of drug-likeness (QED) is 0.477. The summed E-state index contributed by atoms with van der Waals surface area (Å²) in [6, 6.07) is -0.466. The first-order chi connectivity index (χ1) is 4.30. The number of nitrogens with one attached hydrogen (secondary N) is 1. The first kappa shape index (κ1) is 6.51. The van der Waals surface area contributed by atoms with Crippen LogP contribution in [0.25, 0.3) is 0 Å². The highest BCUT2D eigenvalue weighted by Gasteiger charge is 2.19. The SMILES string of the molecule is O=C(O)C1CCNC[N]1. The molecule has 9 heavy (non-hydrogen) atoms. The van der Waals surface area contributed by atoms with Crippen molar-refractivity contribution >= 4 is 5.97 Å². The van der Waals surface area contributed by atoms with Gasteiger partial charge >= 0.3 is 5.97 Å². The van der Waals surface area contributed by atoms with E-state index in [9.17, 15) is 4.79 Å². The fourth-order valence-electron chi connectivity index (χ4n) is 0.785. The third kappa shape index (κ3) is 1.65. The molecule has 0 amide bonds. The molecule has 0 aromatic rings. The van der Waals surface area contributed by atoms with E-state index in [0.717, 1.165) is 6.54 Å². The summed E-state index contributed by atoms with van der Waals surface area (Å²) >= 11 is 0. The standard InChI is InChI=1S/C5H9N2O2/c8-5(9)4-1-2-6-3-7-4/h4,6H,1-3H2,(H,8,9). The first-order valence-electron chi connectivity index (χ1n) is 2.91. The minimum Gasteiger partial charge on any atom is -0.480 e. The third-order valence-corrected chi connectivity index (χ3v) is 1.30. The molecule has 1 unspecified atom stereocenters. The van der Waals surface area contributed by atoms with E-state index in [4.69, 9.17) is 5.11 Å². The third-order valence-electron chi connectivity index (χ3n) is 1.30. The van der Waals surface area contributed by atoms with Crippen molar-refractivity contribution < 1.29 is 9.90 Å². The molecule has 0 saturated carbocycles. The second-order valence-electron chi connectivity index (χ2n) is 1.98. The van der Waals surface area contributed by atoms with Crippen LogP contribution >= 0.6 is 0 Å². The lowest BCUT2D eigenvalue weighted by molar-refractivity contribution is -0.140. The van der Waals surface area contributed by atoms with Gasteiger partial charge in [0.2, 0.25) is 0 Å². The van der Waals surface area contributed by atoms with Crippen LogP contribution in [-0.4, -0.2) is 30.3 Å². The number of aliphatic carboxylic acids is 1. The first-order valence-corrected chi connectivity index (χ1v) is 2.91. The van der Waals surface area contributed by atoms with Crippen LogP contribution in [0.1, 0.15) is 6.42 Å². The minimum absolute atomic E-state index is 0.466. The number of hydrogen-bond acceptors (Lipinski definition) is 2. The molecule has 0 bridgehead atoms. The van der Waals surface area contributed by atoms with Gasteiger partial charge < -0.3 is 10.4 Å². The van der Waals surface area contributed by atoms with Crippen molar-refractivity contribution in [1.82, 2.24) is 10.6 Å². The lowest BCUT2D eigenvalue weighted by Gasteiger charge is -2.17. The zero-order valence-corrected chi connectivity index (χ0v) is 5.00. The van der Waals surface area contributed by atoms with Crippen molar-refractivity contribution in [3.63, 3.8) is 0 Å². The van der Waals surface area contributed by atoms with Crippen LogP contribution in [-0.2, 0) is 4.79 Å². The Morgan fingerprint density at radius 3 is 2.89 bits per heavy atom. The van der Waals surface area contributed by atoms with E-state index in [1.165, 1.54) is 0 Å². The smallest absolute Gasteiger partial charge is 0.322 e. The molecule has 0 spiro atoms. The summed E-state index contributed by atoms with van der Waals surface area (Å²) in [5, 5.41) is 15.2. The highest BCUT2D eigenvalue weighted by Crippen LogP contribution is 1.95. The number of carboxylic acid groups (broad SMARTS) is 1. The van der Waals surface area contributed by atoms with Crippen LogP contribution in [0.2, 0.25) is 0 Å².